The highest BCUT2D eigenvalue weighted by molar-refractivity contribution is 7.91. The van der Waals surface area contributed by atoms with Gasteiger partial charge in [-0.2, -0.15) is 4.98 Å². The Morgan fingerprint density at radius 3 is 2.58 bits per heavy atom. The number of aryl methyl sites for hydroxylation is 1. The fraction of sp³-hybridized carbons (Fsp3) is 0.447. The van der Waals surface area contributed by atoms with Gasteiger partial charge in [0.05, 0.1) is 23.7 Å². The minimum absolute atomic E-state index is 0.0259. The minimum atomic E-state index is -3.90. The molecular formula is C38H41N9O7S. The molecule has 5 heterocycles. The molecule has 4 aromatic rings. The van der Waals surface area contributed by atoms with Gasteiger partial charge in [0.2, 0.25) is 27.7 Å². The second-order valence-corrected chi connectivity index (χ2v) is 16.7. The lowest BCUT2D eigenvalue weighted by atomic mass is 10.0. The van der Waals surface area contributed by atoms with Gasteiger partial charge in [-0.3, -0.25) is 28.9 Å². The van der Waals surface area contributed by atoms with E-state index in [1.54, 1.807) is 13.1 Å². The van der Waals surface area contributed by atoms with E-state index in [1.807, 2.05) is 36.4 Å². The summed E-state index contributed by atoms with van der Waals surface area (Å²) in [5.74, 6) is -2.69. The number of rotatable bonds is 7. The Labute approximate surface area is 317 Å². The molecule has 286 valence electrons. The monoisotopic (exact) mass is 767 g/mol. The molecule has 17 heteroatoms. The first-order valence-electron chi connectivity index (χ1n) is 18.6. The van der Waals surface area contributed by atoms with Crippen LogP contribution < -0.4 is 20.1 Å². The van der Waals surface area contributed by atoms with Crippen molar-refractivity contribution in [1.82, 2.24) is 45.2 Å². The van der Waals surface area contributed by atoms with Crippen LogP contribution in [0, 0.1) is 12.8 Å². The highest BCUT2D eigenvalue weighted by Gasteiger charge is 2.62. The number of allylic oxidation sites excluding steroid dienone is 1. The number of pyridine rings is 1. The van der Waals surface area contributed by atoms with Gasteiger partial charge >= 0.3 is 0 Å². The summed E-state index contributed by atoms with van der Waals surface area (Å²) < 4.78 is 34.5. The Bertz CT molecular complexity index is 2320. The predicted octanol–water partition coefficient (Wildman–Crippen LogP) is 2.43. The van der Waals surface area contributed by atoms with Crippen LogP contribution in [0.15, 0.2) is 61.3 Å². The van der Waals surface area contributed by atoms with Gasteiger partial charge in [0.15, 0.2) is 5.65 Å². The maximum atomic E-state index is 14.6. The van der Waals surface area contributed by atoms with Crippen LogP contribution in [-0.2, 0) is 24.4 Å². The smallest absolute Gasteiger partial charge is 0.272 e. The number of sulfonamides is 1. The molecule has 3 N–H and O–H groups in total. The van der Waals surface area contributed by atoms with Gasteiger partial charge in [-0.05, 0) is 56.9 Å². The summed E-state index contributed by atoms with van der Waals surface area (Å²) in [5.41, 5.74) is -0.433. The number of nitrogens with one attached hydrogen (secondary N) is 3. The number of hydrogen-bond donors (Lipinski definition) is 3. The van der Waals surface area contributed by atoms with Gasteiger partial charge < -0.3 is 20.3 Å². The van der Waals surface area contributed by atoms with E-state index in [-0.39, 0.29) is 31.0 Å². The van der Waals surface area contributed by atoms with Gasteiger partial charge in [0, 0.05) is 35.5 Å². The van der Waals surface area contributed by atoms with Crippen molar-refractivity contribution in [3.63, 3.8) is 0 Å². The topological polar surface area (TPSA) is 215 Å². The summed E-state index contributed by atoms with van der Waals surface area (Å²) >= 11 is 0. The lowest BCUT2D eigenvalue weighted by Crippen LogP contribution is -2.58. The number of ether oxygens (including phenoxy) is 1. The SMILES string of the molecule is Cc1cnc(C(=O)N[C@H]2CCCCC/C=C\[C@@H]3C[C@@]3(C(=O)NS(=O)(=O)C3CC3)NC(=O)[C@@H]3C[C@@H](Oc4nc5ncncc5c5ccccc45)CN3C2=O)cn1. The molecule has 2 aliphatic heterocycles. The maximum Gasteiger partial charge on any atom is 0.272 e. The van der Waals surface area contributed by atoms with Gasteiger partial charge in [0.25, 0.3) is 11.8 Å². The second kappa shape index (κ2) is 14.6. The van der Waals surface area contributed by atoms with Crippen molar-refractivity contribution in [1.29, 1.82) is 0 Å². The first-order chi connectivity index (χ1) is 26.5. The standard InChI is InChI=1S/C38H41N9O7S/c1-22-17-41-30(19-40-22)33(48)43-29-12-6-4-2-3-5-9-23-16-38(23,37(51)46-55(52,53)25-13-14-25)45-34(49)31-15-24(20-47(31)36(29)50)54-35-27-11-8-7-10-26(27)28-18-39-21-42-32(28)44-35/h5,7-11,17-19,21,23-25,29,31H,2-4,6,12-16,20H2,1H3,(H,43,48)(H,45,49)(H,46,51)/b9-5-/t23-,24-,29+,31+,38-/m1/s1. The summed E-state index contributed by atoms with van der Waals surface area (Å²) in [6, 6.07) is 5.34. The fourth-order valence-electron chi connectivity index (χ4n) is 7.50. The molecule has 5 atom stereocenters. The quantitative estimate of drug-likeness (QED) is 0.183. The Kier molecular flexibility index (Phi) is 9.65. The molecule has 2 saturated carbocycles. The van der Waals surface area contributed by atoms with Crippen LogP contribution in [0.3, 0.4) is 0 Å². The Hall–Kier alpha value is -5.58. The van der Waals surface area contributed by atoms with E-state index in [4.69, 9.17) is 4.74 Å². The number of nitrogens with zero attached hydrogens (tertiary/aromatic N) is 6. The maximum absolute atomic E-state index is 14.6. The van der Waals surface area contributed by atoms with Crippen LogP contribution >= 0.6 is 0 Å². The highest BCUT2D eigenvalue weighted by atomic mass is 32.2. The molecule has 2 aliphatic carbocycles. The third-order valence-electron chi connectivity index (χ3n) is 10.8. The molecule has 8 rings (SSSR count). The summed E-state index contributed by atoms with van der Waals surface area (Å²) in [6.07, 6.45) is 13.2. The van der Waals surface area contributed by atoms with Crippen molar-refractivity contribution in [2.45, 2.75) is 93.7 Å². The van der Waals surface area contributed by atoms with Crippen molar-refractivity contribution < 1.29 is 32.3 Å². The van der Waals surface area contributed by atoms with Gasteiger partial charge in [-0.15, -0.1) is 0 Å². The molecule has 16 nitrogen and oxygen atoms in total. The predicted molar refractivity (Wildman–Crippen MR) is 199 cm³/mol. The van der Waals surface area contributed by atoms with Gasteiger partial charge in [-0.1, -0.05) is 43.2 Å². The van der Waals surface area contributed by atoms with Gasteiger partial charge in [-0.25, -0.2) is 23.4 Å². The third kappa shape index (κ3) is 7.44. The molecule has 55 heavy (non-hydrogen) atoms. The van der Waals surface area contributed by atoms with E-state index in [0.717, 1.165) is 23.6 Å². The van der Waals surface area contributed by atoms with Crippen LogP contribution in [0.5, 0.6) is 5.88 Å². The number of amides is 4. The first kappa shape index (κ1) is 36.4. The molecular weight excluding hydrogens is 727 g/mol. The number of carbonyl (C=O) groups excluding carboxylic acids is 4. The average Bonchev–Trinajstić information content (AvgIpc) is 4.11. The molecule has 0 bridgehead atoms. The van der Waals surface area contributed by atoms with E-state index >= 15 is 0 Å². The van der Waals surface area contributed by atoms with Crippen LogP contribution in [0.4, 0.5) is 0 Å². The summed E-state index contributed by atoms with van der Waals surface area (Å²) in [4.78, 5) is 79.1. The first-order valence-corrected chi connectivity index (χ1v) is 20.2. The lowest BCUT2D eigenvalue weighted by Gasteiger charge is -2.29. The fourth-order valence-corrected chi connectivity index (χ4v) is 8.86. The van der Waals surface area contributed by atoms with Crippen LogP contribution in [0.1, 0.15) is 74.0 Å². The van der Waals surface area contributed by atoms with Crippen molar-refractivity contribution in [2.75, 3.05) is 6.54 Å². The van der Waals surface area contributed by atoms with E-state index in [9.17, 15) is 27.6 Å². The molecule has 3 aromatic heterocycles. The largest absolute Gasteiger partial charge is 0.472 e. The number of benzene rings is 1. The summed E-state index contributed by atoms with van der Waals surface area (Å²) in [5, 5.41) is 7.32. The van der Waals surface area contributed by atoms with Gasteiger partial charge in [0.1, 0.15) is 35.7 Å². The van der Waals surface area contributed by atoms with Crippen molar-refractivity contribution >= 4 is 55.5 Å². The molecule has 4 amide bonds. The molecule has 0 spiro atoms. The molecule has 0 radical (unpaired) electrons. The number of carbonyl (C=O) groups is 4. The van der Waals surface area contributed by atoms with E-state index < -0.39 is 68.5 Å². The van der Waals surface area contributed by atoms with E-state index in [2.05, 4.69) is 40.3 Å². The molecule has 3 fully saturated rings. The zero-order valence-electron chi connectivity index (χ0n) is 30.2. The molecule has 0 unspecified atom stereocenters. The lowest BCUT2D eigenvalue weighted by molar-refractivity contribution is -0.141. The highest BCUT2D eigenvalue weighted by Crippen LogP contribution is 2.46. The van der Waals surface area contributed by atoms with Crippen LogP contribution in [0.25, 0.3) is 21.8 Å². The van der Waals surface area contributed by atoms with Crippen LogP contribution in [-0.4, -0.2) is 97.4 Å². The molecule has 4 aliphatic rings. The number of fused-ring (bicyclic) bond motifs is 5. The Morgan fingerprint density at radius 1 is 0.982 bits per heavy atom. The zero-order chi connectivity index (χ0) is 38.3. The normalized spacial score (nSPS) is 26.5. The Balaban J connectivity index is 1.12. The van der Waals surface area contributed by atoms with E-state index in [0.29, 0.717) is 48.8 Å². The van der Waals surface area contributed by atoms with Crippen molar-refractivity contribution in [2.24, 2.45) is 5.92 Å². The van der Waals surface area contributed by atoms with E-state index in [1.165, 1.54) is 23.6 Å². The molecule has 1 aromatic carbocycles. The second-order valence-electron chi connectivity index (χ2n) is 14.8. The zero-order valence-corrected chi connectivity index (χ0v) is 31.0. The summed E-state index contributed by atoms with van der Waals surface area (Å²) in [6.45, 7) is 1.71. The summed E-state index contributed by atoms with van der Waals surface area (Å²) in [7, 11) is -3.90. The number of aromatic nitrogens is 5. The van der Waals surface area contributed by atoms with Crippen LogP contribution in [0.2, 0.25) is 0 Å². The average molecular weight is 768 g/mol. The molecule has 1 saturated heterocycles. The Morgan fingerprint density at radius 2 is 1.80 bits per heavy atom. The minimum Gasteiger partial charge on any atom is -0.472 e. The van der Waals surface area contributed by atoms with Crippen molar-refractivity contribution in [3.8, 4) is 5.88 Å². The third-order valence-corrected chi connectivity index (χ3v) is 12.6. The van der Waals surface area contributed by atoms with Crippen molar-refractivity contribution in [3.05, 3.63) is 72.7 Å². The number of hydrogen-bond acceptors (Lipinski definition) is 12.